The molecule has 0 unspecified atom stereocenters. The van der Waals surface area contributed by atoms with E-state index in [1.54, 1.807) is 0 Å². The Balaban J connectivity index is 1.70. The lowest BCUT2D eigenvalue weighted by Crippen LogP contribution is -2.42. The molecule has 0 spiro atoms. The molecule has 3 rings (SSSR count). The summed E-state index contributed by atoms with van der Waals surface area (Å²) in [4.78, 5) is 59.6. The van der Waals surface area contributed by atoms with E-state index in [1.807, 2.05) is 0 Å². The van der Waals surface area contributed by atoms with Crippen LogP contribution in [0.2, 0.25) is 0 Å². The van der Waals surface area contributed by atoms with E-state index >= 15 is 0 Å². The minimum absolute atomic E-state index is 0.0371. The summed E-state index contributed by atoms with van der Waals surface area (Å²) < 4.78 is 4.97. The van der Waals surface area contributed by atoms with Gasteiger partial charge in [-0.1, -0.05) is 0 Å². The van der Waals surface area contributed by atoms with Crippen LogP contribution in [0.4, 0.5) is 5.69 Å². The molecule has 0 aliphatic carbocycles. The summed E-state index contributed by atoms with van der Waals surface area (Å²) in [6, 6.07) is 9.21. The zero-order chi connectivity index (χ0) is 20.4. The van der Waals surface area contributed by atoms with Gasteiger partial charge in [0.2, 0.25) is 5.91 Å². The predicted octanol–water partition coefficient (Wildman–Crippen LogP) is 1.16. The summed E-state index contributed by atoms with van der Waals surface area (Å²) in [5, 5.41) is 12.9. The van der Waals surface area contributed by atoms with Crippen LogP contribution in [0.5, 0.6) is 5.75 Å². The first kappa shape index (κ1) is 18.7. The van der Waals surface area contributed by atoms with Gasteiger partial charge in [-0.25, -0.2) is 0 Å². The highest BCUT2D eigenvalue weighted by molar-refractivity contribution is 6.23. The first-order valence-corrected chi connectivity index (χ1v) is 7.94. The SMILES string of the molecule is COc1ccc(C(=O)NC(=O)CN2C(=O)c3ccc([N+](=O)[O-])cc3C2=O)cc1. The number of amides is 4. The Morgan fingerprint density at radius 1 is 1.07 bits per heavy atom. The van der Waals surface area contributed by atoms with Crippen molar-refractivity contribution < 1.29 is 28.8 Å². The van der Waals surface area contributed by atoms with Gasteiger partial charge >= 0.3 is 0 Å². The second-order valence-corrected chi connectivity index (χ2v) is 5.79. The molecule has 0 fully saturated rings. The van der Waals surface area contributed by atoms with E-state index < -0.39 is 35.1 Å². The summed E-state index contributed by atoms with van der Waals surface area (Å²) in [7, 11) is 1.47. The minimum atomic E-state index is -0.871. The molecule has 0 aromatic heterocycles. The van der Waals surface area contributed by atoms with Crippen molar-refractivity contribution in [3.05, 3.63) is 69.3 Å². The van der Waals surface area contributed by atoms with Crippen LogP contribution >= 0.6 is 0 Å². The van der Waals surface area contributed by atoms with Crippen molar-refractivity contribution >= 4 is 29.3 Å². The Kier molecular flexibility index (Phi) is 4.86. The summed E-state index contributed by atoms with van der Waals surface area (Å²) >= 11 is 0. The molecule has 1 N–H and O–H groups in total. The Morgan fingerprint density at radius 2 is 1.71 bits per heavy atom. The molecule has 10 heteroatoms. The molecule has 0 bridgehead atoms. The fourth-order valence-electron chi connectivity index (χ4n) is 2.66. The number of fused-ring (bicyclic) bond motifs is 1. The number of non-ortho nitro benzene ring substituents is 1. The molecular formula is C18H13N3O7. The van der Waals surface area contributed by atoms with Crippen LogP contribution < -0.4 is 10.1 Å². The van der Waals surface area contributed by atoms with Gasteiger partial charge in [-0.2, -0.15) is 0 Å². The third-order valence-corrected chi connectivity index (χ3v) is 4.07. The number of carbonyl (C=O) groups is 4. The molecule has 2 aromatic carbocycles. The van der Waals surface area contributed by atoms with Crippen molar-refractivity contribution in [1.29, 1.82) is 0 Å². The van der Waals surface area contributed by atoms with Crippen LogP contribution in [0, 0.1) is 10.1 Å². The number of methoxy groups -OCH3 is 1. The van der Waals surface area contributed by atoms with Gasteiger partial charge in [0.15, 0.2) is 0 Å². The van der Waals surface area contributed by atoms with Crippen LogP contribution in [0.3, 0.4) is 0 Å². The normalized spacial score (nSPS) is 12.5. The highest BCUT2D eigenvalue weighted by atomic mass is 16.6. The quantitative estimate of drug-likeness (QED) is 0.465. The predicted molar refractivity (Wildman–Crippen MR) is 93.9 cm³/mol. The number of nitro groups is 1. The Bertz CT molecular complexity index is 1010. The molecule has 0 saturated heterocycles. The molecule has 0 saturated carbocycles. The summed E-state index contributed by atoms with van der Waals surface area (Å²) in [5.41, 5.74) is -0.355. The fraction of sp³-hybridized carbons (Fsp3) is 0.111. The zero-order valence-corrected chi connectivity index (χ0v) is 14.5. The summed E-state index contributed by atoms with van der Waals surface area (Å²) in [6.45, 7) is -0.692. The average molecular weight is 383 g/mol. The molecule has 4 amide bonds. The Labute approximate surface area is 157 Å². The second kappa shape index (κ2) is 7.27. The number of hydrogen-bond acceptors (Lipinski definition) is 7. The zero-order valence-electron chi connectivity index (χ0n) is 14.5. The maximum atomic E-state index is 12.3. The van der Waals surface area contributed by atoms with E-state index in [0.29, 0.717) is 10.6 Å². The van der Waals surface area contributed by atoms with Gasteiger partial charge in [-0.05, 0) is 30.3 Å². The lowest BCUT2D eigenvalue weighted by molar-refractivity contribution is -0.384. The number of nitrogens with zero attached hydrogens (tertiary/aromatic N) is 2. The molecule has 0 atom stereocenters. The van der Waals surface area contributed by atoms with Crippen molar-refractivity contribution in [3.63, 3.8) is 0 Å². The number of hydrogen-bond donors (Lipinski definition) is 1. The van der Waals surface area contributed by atoms with E-state index in [0.717, 1.165) is 18.2 Å². The van der Waals surface area contributed by atoms with Gasteiger partial charge in [-0.15, -0.1) is 0 Å². The highest BCUT2D eigenvalue weighted by Gasteiger charge is 2.38. The molecular weight excluding hydrogens is 370 g/mol. The minimum Gasteiger partial charge on any atom is -0.497 e. The van der Waals surface area contributed by atoms with Gasteiger partial charge in [0.05, 0.1) is 23.2 Å². The van der Waals surface area contributed by atoms with E-state index in [-0.39, 0.29) is 22.4 Å². The number of nitrogens with one attached hydrogen (secondary N) is 1. The van der Waals surface area contributed by atoms with Gasteiger partial charge < -0.3 is 4.74 Å². The molecule has 2 aromatic rings. The molecule has 0 radical (unpaired) electrons. The maximum absolute atomic E-state index is 12.3. The van der Waals surface area contributed by atoms with Crippen molar-refractivity contribution in [1.82, 2.24) is 10.2 Å². The smallest absolute Gasteiger partial charge is 0.270 e. The van der Waals surface area contributed by atoms with Crippen molar-refractivity contribution in [2.24, 2.45) is 0 Å². The average Bonchev–Trinajstić information content (AvgIpc) is 2.92. The molecule has 10 nitrogen and oxygen atoms in total. The summed E-state index contributed by atoms with van der Waals surface area (Å²) in [5.74, 6) is -2.65. The van der Waals surface area contributed by atoms with E-state index in [1.165, 1.54) is 31.4 Å². The van der Waals surface area contributed by atoms with E-state index in [2.05, 4.69) is 5.32 Å². The van der Waals surface area contributed by atoms with Crippen molar-refractivity contribution in [2.45, 2.75) is 0 Å². The molecule has 142 valence electrons. The number of imide groups is 2. The monoisotopic (exact) mass is 383 g/mol. The van der Waals surface area contributed by atoms with Crippen LogP contribution in [0.1, 0.15) is 31.1 Å². The van der Waals surface area contributed by atoms with Crippen LogP contribution in [0.25, 0.3) is 0 Å². The molecule has 1 aliphatic rings. The molecule has 1 heterocycles. The highest BCUT2D eigenvalue weighted by Crippen LogP contribution is 2.26. The van der Waals surface area contributed by atoms with Crippen molar-refractivity contribution in [3.8, 4) is 5.75 Å². The van der Waals surface area contributed by atoms with Crippen LogP contribution in [0.15, 0.2) is 42.5 Å². The first-order chi connectivity index (χ1) is 13.3. The first-order valence-electron chi connectivity index (χ1n) is 7.94. The van der Waals surface area contributed by atoms with E-state index in [4.69, 9.17) is 4.74 Å². The largest absolute Gasteiger partial charge is 0.497 e. The topological polar surface area (TPSA) is 136 Å². The lowest BCUT2D eigenvalue weighted by atomic mass is 10.1. The number of ether oxygens (including phenoxy) is 1. The standard InChI is InChI=1S/C18H13N3O7/c1-28-12-5-2-10(3-6-12)16(23)19-15(22)9-20-17(24)13-7-4-11(21(26)27)8-14(13)18(20)25/h2-8H,9H2,1H3,(H,19,22,23). The fourth-order valence-corrected chi connectivity index (χ4v) is 2.66. The Morgan fingerprint density at radius 3 is 2.32 bits per heavy atom. The van der Waals surface area contributed by atoms with Gasteiger partial charge in [-0.3, -0.25) is 39.5 Å². The van der Waals surface area contributed by atoms with Gasteiger partial charge in [0.25, 0.3) is 23.4 Å². The third-order valence-electron chi connectivity index (χ3n) is 4.07. The lowest BCUT2D eigenvalue weighted by Gasteiger charge is -2.13. The number of nitro benzene ring substituents is 1. The van der Waals surface area contributed by atoms with Gasteiger partial charge in [0.1, 0.15) is 12.3 Å². The van der Waals surface area contributed by atoms with Gasteiger partial charge in [0, 0.05) is 17.7 Å². The van der Waals surface area contributed by atoms with Crippen molar-refractivity contribution in [2.75, 3.05) is 13.7 Å². The number of benzene rings is 2. The van der Waals surface area contributed by atoms with Crippen LogP contribution in [-0.2, 0) is 4.79 Å². The maximum Gasteiger partial charge on any atom is 0.270 e. The molecule has 28 heavy (non-hydrogen) atoms. The summed E-state index contributed by atoms with van der Waals surface area (Å²) in [6.07, 6.45) is 0. The van der Waals surface area contributed by atoms with E-state index in [9.17, 15) is 29.3 Å². The number of rotatable bonds is 5. The molecule has 1 aliphatic heterocycles. The van der Waals surface area contributed by atoms with Crippen LogP contribution in [-0.4, -0.2) is 47.1 Å². The Hall–Kier alpha value is -4.08. The third kappa shape index (κ3) is 3.43. The second-order valence-electron chi connectivity index (χ2n) is 5.79. The number of carbonyl (C=O) groups excluding carboxylic acids is 4.